The number of rotatable bonds is 25. The van der Waals surface area contributed by atoms with Crippen LogP contribution in [0.1, 0.15) is 59.1 Å². The maximum absolute atomic E-state index is 12.7. The Morgan fingerprint density at radius 1 is 0.984 bits per heavy atom. The lowest BCUT2D eigenvalue weighted by Crippen LogP contribution is -2.47. The number of aromatic nitrogens is 4. The number of ether oxygens (including phenoxy) is 3. The predicted octanol–water partition coefficient (Wildman–Crippen LogP) is -1.29. The Morgan fingerprint density at radius 2 is 1.69 bits per heavy atom. The zero-order valence-corrected chi connectivity index (χ0v) is 38.1. The van der Waals surface area contributed by atoms with E-state index in [1.807, 2.05) is 0 Å². The summed E-state index contributed by atoms with van der Waals surface area (Å²) in [4.78, 5) is 88.1. The van der Waals surface area contributed by atoms with Gasteiger partial charge in [0.05, 0.1) is 31.7 Å². The van der Waals surface area contributed by atoms with Crippen molar-refractivity contribution in [3.05, 3.63) is 12.7 Å². The van der Waals surface area contributed by atoms with E-state index in [1.165, 1.54) is 13.8 Å². The Morgan fingerprint density at radius 3 is 2.39 bits per heavy atom. The number of phosphoric ester groups is 3. The molecule has 2 aliphatic rings. The lowest BCUT2D eigenvalue weighted by atomic mass is 9.87. The van der Waals surface area contributed by atoms with Gasteiger partial charge in [-0.1, -0.05) is 25.6 Å². The fourth-order valence-corrected chi connectivity index (χ4v) is 9.58. The summed E-state index contributed by atoms with van der Waals surface area (Å²) in [6.45, 7) is 2.27. The van der Waals surface area contributed by atoms with Crippen LogP contribution >= 0.6 is 35.2 Å². The first-order chi connectivity index (χ1) is 29.8. The summed E-state index contributed by atoms with van der Waals surface area (Å²) in [7, 11) is -16.5. The van der Waals surface area contributed by atoms with Gasteiger partial charge in [0.15, 0.2) is 29.1 Å². The van der Waals surface area contributed by atoms with E-state index in [4.69, 9.17) is 29.0 Å². The first-order valence-corrected chi connectivity index (χ1v) is 25.0. The average Bonchev–Trinajstić information content (AvgIpc) is 3.76. The zero-order valence-electron chi connectivity index (χ0n) is 34.6. The largest absolute Gasteiger partial charge is 0.481 e. The Kier molecular flexibility index (Phi) is 19.8. The molecule has 2 aromatic rings. The summed E-state index contributed by atoms with van der Waals surface area (Å²) < 4.78 is 73.2. The second-order valence-corrected chi connectivity index (χ2v) is 20.6. The van der Waals surface area contributed by atoms with Crippen LogP contribution in [-0.4, -0.2) is 164 Å². The number of phosphoric acid groups is 3. The number of aliphatic hydroxyl groups is 4. The second-order valence-electron chi connectivity index (χ2n) is 15.2. The second kappa shape index (κ2) is 23.4. The Hall–Kier alpha value is -2.60. The van der Waals surface area contributed by atoms with Crippen molar-refractivity contribution < 1.29 is 100 Å². The number of carbonyl (C=O) groups is 3. The third kappa shape index (κ3) is 16.3. The Balaban J connectivity index is 1.13. The standard InChI is InChI=1S/C32H54N7O21P3S/c1-17-18(40)12-19(41)31(57-17)54-10-5-4-6-22(43)64-11-9-34-21(42)7-8-35-29(46)26(45)32(2,3)14-56-63(52,53)60-62(50,51)55-13-20-25(59-61(47,48)49)24(44)30(58-20)39-16-38-23-27(33)36-15-37-28(23)39/h15-20,24-26,30-31,40-41,44-45H,4-14H2,1-3H3,(H,34,42)(H,35,46)(H,50,51)(H,52,53)(H2,33,36,37)(H2,47,48,49)/t17-,18+,19+,20+,24+,25+,26-,30+,31+/m0/s1. The smallest absolute Gasteiger partial charge is 0.390 e. The van der Waals surface area contributed by atoms with Crippen molar-refractivity contribution in [2.24, 2.45) is 5.41 Å². The first kappa shape index (κ1) is 54.0. The minimum atomic E-state index is -5.59. The van der Waals surface area contributed by atoms with E-state index in [9.17, 15) is 68.1 Å². The number of nitrogens with one attached hydrogen (secondary N) is 2. The number of aliphatic hydroxyl groups excluding tert-OH is 4. The molecule has 2 amide bonds. The van der Waals surface area contributed by atoms with Gasteiger partial charge in [-0.15, -0.1) is 0 Å². The summed E-state index contributed by atoms with van der Waals surface area (Å²) in [5, 5.41) is 46.0. The van der Waals surface area contributed by atoms with Gasteiger partial charge < -0.3 is 70.6 Å². The number of nitrogen functional groups attached to an aromatic ring is 1. The third-order valence-electron chi connectivity index (χ3n) is 9.51. The molecule has 0 saturated carbocycles. The summed E-state index contributed by atoms with van der Waals surface area (Å²) in [5.74, 6) is -1.24. The van der Waals surface area contributed by atoms with Crippen LogP contribution in [0.15, 0.2) is 12.7 Å². The summed E-state index contributed by atoms with van der Waals surface area (Å²) in [5.41, 5.74) is 4.22. The molecule has 4 heterocycles. The summed E-state index contributed by atoms with van der Waals surface area (Å²) in [6, 6.07) is 0. The molecule has 0 bridgehead atoms. The molecule has 0 aliphatic carbocycles. The molecule has 2 unspecified atom stereocenters. The highest BCUT2D eigenvalue weighted by atomic mass is 32.2. The number of amides is 2. The van der Waals surface area contributed by atoms with Gasteiger partial charge in [0.2, 0.25) is 11.8 Å². The summed E-state index contributed by atoms with van der Waals surface area (Å²) in [6.07, 6.45) is -8.61. The van der Waals surface area contributed by atoms with E-state index >= 15 is 0 Å². The molecule has 11 atom stereocenters. The molecule has 32 heteroatoms. The van der Waals surface area contributed by atoms with Crippen molar-refractivity contribution in [3.63, 3.8) is 0 Å². The van der Waals surface area contributed by atoms with Crippen molar-refractivity contribution in [1.29, 1.82) is 0 Å². The molecule has 2 aromatic heterocycles. The van der Waals surface area contributed by atoms with Crippen molar-refractivity contribution in [1.82, 2.24) is 30.2 Å². The van der Waals surface area contributed by atoms with E-state index in [1.54, 1.807) is 6.92 Å². The number of carbonyl (C=O) groups excluding carboxylic acids is 3. The van der Waals surface area contributed by atoms with Gasteiger partial charge in [-0.2, -0.15) is 4.31 Å². The van der Waals surface area contributed by atoms with Gasteiger partial charge in [0, 0.05) is 50.1 Å². The predicted molar refractivity (Wildman–Crippen MR) is 218 cm³/mol. The number of nitrogens with two attached hydrogens (primary N) is 1. The van der Waals surface area contributed by atoms with E-state index in [-0.39, 0.29) is 66.8 Å². The average molecular weight is 998 g/mol. The van der Waals surface area contributed by atoms with E-state index in [0.717, 1.165) is 29.0 Å². The summed E-state index contributed by atoms with van der Waals surface area (Å²) >= 11 is 1.02. The molecule has 2 fully saturated rings. The van der Waals surface area contributed by atoms with Gasteiger partial charge >= 0.3 is 23.5 Å². The number of fused-ring (bicyclic) bond motifs is 1. The van der Waals surface area contributed by atoms with Crippen LogP contribution in [0.4, 0.5) is 5.82 Å². The maximum Gasteiger partial charge on any atom is 0.481 e. The molecule has 0 aromatic carbocycles. The van der Waals surface area contributed by atoms with Gasteiger partial charge in [-0.3, -0.25) is 32.5 Å². The highest BCUT2D eigenvalue weighted by Crippen LogP contribution is 2.61. The Labute approximate surface area is 369 Å². The van der Waals surface area contributed by atoms with Crippen LogP contribution in [-0.2, 0) is 60.2 Å². The van der Waals surface area contributed by atoms with Gasteiger partial charge in [0.25, 0.3) is 0 Å². The van der Waals surface area contributed by atoms with Crippen molar-refractivity contribution in [3.8, 4) is 0 Å². The monoisotopic (exact) mass is 997 g/mol. The van der Waals surface area contributed by atoms with Crippen molar-refractivity contribution in [2.75, 3.05) is 44.4 Å². The highest BCUT2D eigenvalue weighted by molar-refractivity contribution is 8.13. The molecule has 2 aliphatic heterocycles. The fraction of sp³-hybridized carbons (Fsp3) is 0.750. The molecule has 64 heavy (non-hydrogen) atoms. The number of hydrogen-bond acceptors (Lipinski definition) is 22. The number of anilines is 1. The molecule has 0 spiro atoms. The van der Waals surface area contributed by atoms with E-state index in [0.29, 0.717) is 12.8 Å². The van der Waals surface area contributed by atoms with Crippen LogP contribution in [0.3, 0.4) is 0 Å². The molecule has 4 rings (SSSR count). The van der Waals surface area contributed by atoms with Crippen LogP contribution < -0.4 is 16.4 Å². The minimum Gasteiger partial charge on any atom is -0.390 e. The normalized spacial score (nSPS) is 26.5. The van der Waals surface area contributed by atoms with E-state index in [2.05, 4.69) is 34.4 Å². The van der Waals surface area contributed by atoms with E-state index < -0.39 is 109 Å². The first-order valence-electron chi connectivity index (χ1n) is 19.5. The molecule has 28 nitrogen and oxygen atoms in total. The lowest BCUT2D eigenvalue weighted by Gasteiger charge is -2.35. The third-order valence-corrected chi connectivity index (χ3v) is 13.5. The van der Waals surface area contributed by atoms with Crippen molar-refractivity contribution >= 4 is 69.1 Å². The maximum atomic E-state index is 12.7. The van der Waals surface area contributed by atoms with Gasteiger partial charge in [0.1, 0.15) is 42.4 Å². The molecular weight excluding hydrogens is 943 g/mol. The molecule has 2 saturated heterocycles. The number of thioether (sulfide) groups is 1. The fourth-order valence-electron chi connectivity index (χ4n) is 6.03. The van der Waals surface area contributed by atoms with Gasteiger partial charge in [-0.25, -0.2) is 28.6 Å². The molecule has 0 radical (unpaired) electrons. The Bertz CT molecular complexity index is 2050. The molecular formula is C32H54N7O21P3S. The molecule has 364 valence electrons. The number of nitrogens with zero attached hydrogens (tertiary/aromatic N) is 4. The minimum absolute atomic E-state index is 0.0216. The quantitative estimate of drug-likeness (QED) is 0.0407. The topological polar surface area (TPSA) is 423 Å². The number of hydrogen-bond donors (Lipinski definition) is 11. The number of unbranched alkanes of at least 4 members (excludes halogenated alkanes) is 1. The van der Waals surface area contributed by atoms with Crippen LogP contribution in [0.5, 0.6) is 0 Å². The highest BCUT2D eigenvalue weighted by Gasteiger charge is 2.50. The SMILES string of the molecule is C[C@@H]1O[C@@H](OCCCCC(=O)SCCNC(=O)CCNC(=O)[C@H](O)C(C)(C)COP(=O)(O)OP(=O)(O)OC[C@H]2O[C@@H](n3cnc4c(N)ncnc43)[C@H](O)[C@@H]2OP(=O)(O)O)[C@H](O)C[C@H]1O. The molecule has 12 N–H and O–H groups in total. The zero-order chi connectivity index (χ0) is 47.6. The van der Waals surface area contributed by atoms with Crippen LogP contribution in [0, 0.1) is 5.41 Å². The van der Waals surface area contributed by atoms with Gasteiger partial charge in [-0.05, 0) is 19.8 Å². The van der Waals surface area contributed by atoms with Crippen LogP contribution in [0.2, 0.25) is 0 Å². The van der Waals surface area contributed by atoms with Crippen LogP contribution in [0.25, 0.3) is 11.2 Å². The number of imidazole rings is 1. The lowest BCUT2D eigenvalue weighted by molar-refractivity contribution is -0.261. The van der Waals surface area contributed by atoms with Crippen molar-refractivity contribution in [2.45, 2.75) is 108 Å².